The molecule has 66 valence electrons. The molecule has 12 heavy (non-hydrogen) atoms. The number of H-pyrrole nitrogens is 2. The van der Waals surface area contributed by atoms with Crippen LogP contribution in [0.15, 0.2) is 4.79 Å². The fourth-order valence-corrected chi connectivity index (χ4v) is 1.53. The van der Waals surface area contributed by atoms with Crippen LogP contribution in [0.4, 0.5) is 0 Å². The topological polar surface area (TPSA) is 87.6 Å². The van der Waals surface area contributed by atoms with Gasteiger partial charge in [-0.3, -0.25) is 4.98 Å². The van der Waals surface area contributed by atoms with Crippen LogP contribution in [-0.4, -0.2) is 20.7 Å². The molecule has 1 fully saturated rings. The van der Waals surface area contributed by atoms with Gasteiger partial charge in [-0.15, -0.1) is 0 Å². The standard InChI is InChI=1S/C7H12N4O/c8-7(2-1-3-7)4-5-9-6(12)11-10-5/h1-4,8H2,(H2,9,10,11,12). The first-order valence-electron chi connectivity index (χ1n) is 4.10. The average molecular weight is 168 g/mol. The zero-order valence-electron chi connectivity index (χ0n) is 6.76. The molecule has 0 amide bonds. The summed E-state index contributed by atoms with van der Waals surface area (Å²) in [7, 11) is 0. The lowest BCUT2D eigenvalue weighted by Gasteiger charge is -2.37. The first-order chi connectivity index (χ1) is 5.68. The van der Waals surface area contributed by atoms with E-state index >= 15 is 0 Å². The van der Waals surface area contributed by atoms with Crippen molar-refractivity contribution in [3.05, 3.63) is 16.3 Å². The van der Waals surface area contributed by atoms with E-state index in [1.807, 2.05) is 0 Å². The van der Waals surface area contributed by atoms with Crippen LogP contribution in [0, 0.1) is 0 Å². The van der Waals surface area contributed by atoms with Crippen molar-refractivity contribution in [3.63, 3.8) is 0 Å². The zero-order chi connectivity index (χ0) is 8.60. The van der Waals surface area contributed by atoms with Gasteiger partial charge in [0.1, 0.15) is 5.82 Å². The van der Waals surface area contributed by atoms with Crippen molar-refractivity contribution in [2.75, 3.05) is 0 Å². The maximum absolute atomic E-state index is 10.7. The normalized spacial score (nSPS) is 20.4. The van der Waals surface area contributed by atoms with Gasteiger partial charge in [0.2, 0.25) is 0 Å². The number of nitrogens with zero attached hydrogens (tertiary/aromatic N) is 1. The van der Waals surface area contributed by atoms with Crippen LogP contribution in [0.3, 0.4) is 0 Å². The van der Waals surface area contributed by atoms with E-state index in [4.69, 9.17) is 5.73 Å². The molecule has 0 aliphatic heterocycles. The van der Waals surface area contributed by atoms with Gasteiger partial charge in [0.15, 0.2) is 0 Å². The quantitative estimate of drug-likeness (QED) is 0.557. The molecule has 0 spiro atoms. The van der Waals surface area contributed by atoms with E-state index in [1.54, 1.807) is 0 Å². The van der Waals surface area contributed by atoms with Gasteiger partial charge in [-0.25, -0.2) is 9.89 Å². The SMILES string of the molecule is NC1(Cc2n[nH]c(=O)[nH]2)CCC1. The molecule has 1 aromatic rings. The highest BCUT2D eigenvalue weighted by Crippen LogP contribution is 2.31. The van der Waals surface area contributed by atoms with Crippen molar-refractivity contribution in [2.24, 2.45) is 5.73 Å². The number of rotatable bonds is 2. The highest BCUT2D eigenvalue weighted by atomic mass is 16.1. The minimum Gasteiger partial charge on any atom is -0.325 e. The third-order valence-electron chi connectivity index (χ3n) is 2.42. The molecule has 1 heterocycles. The average Bonchev–Trinajstić information content (AvgIpc) is 2.32. The second kappa shape index (κ2) is 2.45. The smallest absolute Gasteiger partial charge is 0.325 e. The zero-order valence-corrected chi connectivity index (χ0v) is 6.76. The lowest BCUT2D eigenvalue weighted by molar-refractivity contribution is 0.243. The molecule has 5 heteroatoms. The Bertz CT molecular complexity index is 322. The van der Waals surface area contributed by atoms with Gasteiger partial charge < -0.3 is 5.73 Å². The maximum atomic E-state index is 10.7. The number of aromatic amines is 2. The van der Waals surface area contributed by atoms with E-state index in [1.165, 1.54) is 6.42 Å². The highest BCUT2D eigenvalue weighted by molar-refractivity contribution is 5.00. The van der Waals surface area contributed by atoms with E-state index in [9.17, 15) is 4.79 Å². The summed E-state index contributed by atoms with van der Waals surface area (Å²) in [5, 5.41) is 6.13. The van der Waals surface area contributed by atoms with Crippen molar-refractivity contribution in [2.45, 2.75) is 31.2 Å². The predicted octanol–water partition coefficient (Wildman–Crippen LogP) is -0.478. The summed E-state index contributed by atoms with van der Waals surface area (Å²) in [5.41, 5.74) is 5.60. The van der Waals surface area contributed by atoms with Gasteiger partial charge in [-0.2, -0.15) is 5.10 Å². The lowest BCUT2D eigenvalue weighted by atomic mass is 9.75. The molecular formula is C7H12N4O. The van der Waals surface area contributed by atoms with Gasteiger partial charge >= 0.3 is 5.69 Å². The fraction of sp³-hybridized carbons (Fsp3) is 0.714. The van der Waals surface area contributed by atoms with Crippen LogP contribution >= 0.6 is 0 Å². The van der Waals surface area contributed by atoms with Crippen LogP contribution in [0.25, 0.3) is 0 Å². The Balaban J connectivity index is 2.08. The monoisotopic (exact) mass is 168 g/mol. The Hall–Kier alpha value is -1.10. The number of nitrogens with two attached hydrogens (primary N) is 1. The number of nitrogens with one attached hydrogen (secondary N) is 2. The van der Waals surface area contributed by atoms with E-state index in [-0.39, 0.29) is 11.2 Å². The van der Waals surface area contributed by atoms with Gasteiger partial charge in [0, 0.05) is 12.0 Å². The lowest BCUT2D eigenvalue weighted by Crippen LogP contribution is -2.48. The summed E-state index contributed by atoms with van der Waals surface area (Å²) in [5.74, 6) is 0.669. The first-order valence-corrected chi connectivity index (χ1v) is 4.10. The molecule has 1 saturated carbocycles. The van der Waals surface area contributed by atoms with Crippen LogP contribution < -0.4 is 11.4 Å². The Morgan fingerprint density at radius 2 is 2.33 bits per heavy atom. The van der Waals surface area contributed by atoms with Crippen molar-refractivity contribution in [3.8, 4) is 0 Å². The number of hydrogen-bond donors (Lipinski definition) is 3. The minimum atomic E-state index is -0.257. The van der Waals surface area contributed by atoms with Crippen LogP contribution in [0.2, 0.25) is 0 Å². The minimum absolute atomic E-state index is 0.113. The van der Waals surface area contributed by atoms with Gasteiger partial charge in [0.25, 0.3) is 0 Å². The van der Waals surface area contributed by atoms with Crippen LogP contribution in [0.1, 0.15) is 25.1 Å². The fourth-order valence-electron chi connectivity index (χ4n) is 1.53. The van der Waals surface area contributed by atoms with E-state index in [0.717, 1.165) is 12.8 Å². The number of hydrogen-bond acceptors (Lipinski definition) is 3. The summed E-state index contributed by atoms with van der Waals surface area (Å²) < 4.78 is 0. The van der Waals surface area contributed by atoms with Crippen LogP contribution in [-0.2, 0) is 6.42 Å². The second-order valence-corrected chi connectivity index (χ2v) is 3.52. The predicted molar refractivity (Wildman–Crippen MR) is 43.7 cm³/mol. The Labute approximate surface area is 69.4 Å². The van der Waals surface area contributed by atoms with Crippen molar-refractivity contribution in [1.29, 1.82) is 0 Å². The van der Waals surface area contributed by atoms with Gasteiger partial charge in [0.05, 0.1) is 0 Å². The first kappa shape index (κ1) is 7.54. The molecule has 0 unspecified atom stereocenters. The Morgan fingerprint density at radius 3 is 2.75 bits per heavy atom. The summed E-state index contributed by atoms with van der Waals surface area (Å²) in [4.78, 5) is 13.3. The largest absolute Gasteiger partial charge is 0.340 e. The Morgan fingerprint density at radius 1 is 1.58 bits per heavy atom. The van der Waals surface area contributed by atoms with Crippen molar-refractivity contribution < 1.29 is 0 Å². The molecule has 0 saturated heterocycles. The summed E-state index contributed by atoms with van der Waals surface area (Å²) >= 11 is 0. The van der Waals surface area contributed by atoms with Gasteiger partial charge in [-0.1, -0.05) is 0 Å². The number of aromatic nitrogens is 3. The maximum Gasteiger partial charge on any atom is 0.340 e. The molecular weight excluding hydrogens is 156 g/mol. The molecule has 0 aromatic carbocycles. The molecule has 1 aliphatic carbocycles. The summed E-state index contributed by atoms with van der Waals surface area (Å²) in [6, 6.07) is 0. The summed E-state index contributed by atoms with van der Waals surface area (Å²) in [6.45, 7) is 0. The van der Waals surface area contributed by atoms with Crippen molar-refractivity contribution >= 4 is 0 Å². The van der Waals surface area contributed by atoms with E-state index < -0.39 is 0 Å². The molecule has 0 radical (unpaired) electrons. The molecule has 2 rings (SSSR count). The molecule has 5 nitrogen and oxygen atoms in total. The van der Waals surface area contributed by atoms with Gasteiger partial charge in [-0.05, 0) is 19.3 Å². The molecule has 1 aromatic heterocycles. The Kier molecular flexibility index (Phi) is 1.54. The van der Waals surface area contributed by atoms with Crippen LogP contribution in [0.5, 0.6) is 0 Å². The molecule has 1 aliphatic rings. The van der Waals surface area contributed by atoms with E-state index in [0.29, 0.717) is 12.2 Å². The third kappa shape index (κ3) is 1.27. The second-order valence-electron chi connectivity index (χ2n) is 3.52. The van der Waals surface area contributed by atoms with E-state index in [2.05, 4.69) is 15.2 Å². The highest BCUT2D eigenvalue weighted by Gasteiger charge is 2.33. The molecule has 0 atom stereocenters. The molecule has 4 N–H and O–H groups in total. The third-order valence-corrected chi connectivity index (χ3v) is 2.42. The van der Waals surface area contributed by atoms with Crippen molar-refractivity contribution in [1.82, 2.24) is 15.2 Å². The molecule has 0 bridgehead atoms. The summed E-state index contributed by atoms with van der Waals surface area (Å²) in [6.07, 6.45) is 3.92.